The van der Waals surface area contributed by atoms with Crippen LogP contribution in [0.1, 0.15) is 12.7 Å². The molecule has 1 rings (SSSR count). The first-order valence-corrected chi connectivity index (χ1v) is 3.83. The lowest BCUT2D eigenvalue weighted by molar-refractivity contribution is 0.174. The minimum Gasteiger partial charge on any atom is -0.377 e. The van der Waals surface area contributed by atoms with Gasteiger partial charge in [-0.2, -0.15) is 5.10 Å². The van der Waals surface area contributed by atoms with Crippen molar-refractivity contribution >= 4 is 12.2 Å². The zero-order chi connectivity index (χ0) is 8.27. The highest BCUT2D eigenvalue weighted by molar-refractivity contribution is 7.71. The van der Waals surface area contributed by atoms with Crippen molar-refractivity contribution in [1.82, 2.24) is 14.8 Å². The van der Waals surface area contributed by atoms with E-state index < -0.39 is 0 Å². The van der Waals surface area contributed by atoms with E-state index in [1.165, 1.54) is 0 Å². The van der Waals surface area contributed by atoms with Crippen molar-refractivity contribution in [1.29, 1.82) is 0 Å². The van der Waals surface area contributed by atoms with Gasteiger partial charge in [0.05, 0.1) is 0 Å². The predicted molar refractivity (Wildman–Crippen MR) is 43.8 cm³/mol. The lowest BCUT2D eigenvalue weighted by atomic mass is 10.6. The first kappa shape index (κ1) is 8.42. The smallest absolute Gasteiger partial charge is 0.195 e. The minimum atomic E-state index is 0.501. The van der Waals surface area contributed by atoms with Crippen LogP contribution in [0.4, 0.5) is 0 Å². The van der Waals surface area contributed by atoms with Crippen molar-refractivity contribution < 1.29 is 4.74 Å². The Balaban J connectivity index is 2.96. The summed E-state index contributed by atoms with van der Waals surface area (Å²) >= 11 is 4.98. The van der Waals surface area contributed by atoms with E-state index in [2.05, 4.69) is 10.2 Å². The molecule has 0 amide bonds. The van der Waals surface area contributed by atoms with Crippen LogP contribution in [0.3, 0.4) is 0 Å². The first-order chi connectivity index (χ1) is 5.29. The molecule has 4 nitrogen and oxygen atoms in total. The molecule has 0 atom stereocenters. The highest BCUT2D eigenvalue weighted by Crippen LogP contribution is 1.98. The maximum absolute atomic E-state index is 4.98. The summed E-state index contributed by atoms with van der Waals surface area (Å²) in [5, 5.41) is 6.71. The number of H-pyrrole nitrogens is 1. The van der Waals surface area contributed by atoms with E-state index in [-0.39, 0.29) is 0 Å². The van der Waals surface area contributed by atoms with Gasteiger partial charge < -0.3 is 9.30 Å². The molecule has 0 unspecified atom stereocenters. The molecule has 1 heterocycles. The Bertz CT molecular complexity index is 278. The first-order valence-electron chi connectivity index (χ1n) is 3.42. The predicted octanol–water partition coefficient (Wildman–Crippen LogP) is 1.11. The van der Waals surface area contributed by atoms with Crippen LogP contribution in [0.2, 0.25) is 0 Å². The standard InChI is InChI=1S/C6H11N3OS/c1-3-9-5(4-10-2)7-8-6(9)11/h3-4H2,1-2H3,(H,8,11). The molecular weight excluding hydrogens is 162 g/mol. The number of nitrogens with one attached hydrogen (secondary N) is 1. The summed E-state index contributed by atoms with van der Waals surface area (Å²) in [5.41, 5.74) is 0. The Hall–Kier alpha value is -0.680. The number of rotatable bonds is 3. The van der Waals surface area contributed by atoms with Crippen LogP contribution in [0.5, 0.6) is 0 Å². The fraction of sp³-hybridized carbons (Fsp3) is 0.667. The molecule has 0 spiro atoms. The van der Waals surface area contributed by atoms with Gasteiger partial charge in [-0.25, -0.2) is 0 Å². The number of methoxy groups -OCH3 is 1. The SMILES string of the molecule is CCn1c(COC)n[nH]c1=S. The van der Waals surface area contributed by atoms with E-state index in [9.17, 15) is 0 Å². The Kier molecular flexibility index (Phi) is 2.78. The molecule has 0 bridgehead atoms. The van der Waals surface area contributed by atoms with Crippen molar-refractivity contribution in [2.24, 2.45) is 0 Å². The second-order valence-electron chi connectivity index (χ2n) is 2.12. The van der Waals surface area contributed by atoms with Gasteiger partial charge in [0, 0.05) is 13.7 Å². The Morgan fingerprint density at radius 2 is 2.45 bits per heavy atom. The average molecular weight is 173 g/mol. The number of ether oxygens (including phenoxy) is 1. The van der Waals surface area contributed by atoms with Crippen LogP contribution in [-0.2, 0) is 17.9 Å². The molecular formula is C6H11N3OS. The lowest BCUT2D eigenvalue weighted by Crippen LogP contribution is -2.02. The van der Waals surface area contributed by atoms with Gasteiger partial charge in [0.25, 0.3) is 0 Å². The largest absolute Gasteiger partial charge is 0.377 e. The number of hydrogen-bond donors (Lipinski definition) is 1. The van der Waals surface area contributed by atoms with E-state index in [4.69, 9.17) is 17.0 Å². The molecule has 62 valence electrons. The molecule has 0 fully saturated rings. The molecule has 11 heavy (non-hydrogen) atoms. The third-order valence-corrected chi connectivity index (χ3v) is 1.74. The maximum atomic E-state index is 4.98. The fourth-order valence-electron chi connectivity index (χ4n) is 0.916. The highest BCUT2D eigenvalue weighted by Gasteiger charge is 2.01. The zero-order valence-corrected chi connectivity index (χ0v) is 7.44. The number of hydrogen-bond acceptors (Lipinski definition) is 3. The van der Waals surface area contributed by atoms with Crippen molar-refractivity contribution in [3.8, 4) is 0 Å². The minimum absolute atomic E-state index is 0.501. The van der Waals surface area contributed by atoms with Gasteiger partial charge >= 0.3 is 0 Å². The second-order valence-corrected chi connectivity index (χ2v) is 2.51. The van der Waals surface area contributed by atoms with Crippen molar-refractivity contribution in [2.45, 2.75) is 20.1 Å². The number of aromatic amines is 1. The normalized spacial score (nSPS) is 10.4. The van der Waals surface area contributed by atoms with Gasteiger partial charge in [0.1, 0.15) is 6.61 Å². The van der Waals surface area contributed by atoms with Gasteiger partial charge in [-0.15, -0.1) is 0 Å². The zero-order valence-electron chi connectivity index (χ0n) is 6.63. The average Bonchev–Trinajstić information content (AvgIpc) is 2.33. The lowest BCUT2D eigenvalue weighted by Gasteiger charge is -2.00. The van der Waals surface area contributed by atoms with Crippen LogP contribution in [0.25, 0.3) is 0 Å². The van der Waals surface area contributed by atoms with Crippen LogP contribution in [0, 0.1) is 4.77 Å². The Morgan fingerprint density at radius 3 is 3.00 bits per heavy atom. The van der Waals surface area contributed by atoms with Gasteiger partial charge in [0.2, 0.25) is 0 Å². The van der Waals surface area contributed by atoms with Crippen LogP contribution < -0.4 is 0 Å². The Labute approximate surface area is 70.2 Å². The maximum Gasteiger partial charge on any atom is 0.195 e. The van der Waals surface area contributed by atoms with Crippen LogP contribution >= 0.6 is 12.2 Å². The van der Waals surface area contributed by atoms with Crippen molar-refractivity contribution in [3.05, 3.63) is 10.6 Å². The van der Waals surface area contributed by atoms with Gasteiger partial charge in [0.15, 0.2) is 10.6 Å². The van der Waals surface area contributed by atoms with Crippen LogP contribution in [0.15, 0.2) is 0 Å². The molecule has 1 N–H and O–H groups in total. The molecule has 0 aliphatic carbocycles. The highest BCUT2D eigenvalue weighted by atomic mass is 32.1. The van der Waals surface area contributed by atoms with Gasteiger partial charge in [-0.3, -0.25) is 5.10 Å². The van der Waals surface area contributed by atoms with Gasteiger partial charge in [-0.1, -0.05) is 0 Å². The van der Waals surface area contributed by atoms with E-state index in [1.807, 2.05) is 11.5 Å². The monoisotopic (exact) mass is 173 g/mol. The van der Waals surface area contributed by atoms with Crippen molar-refractivity contribution in [2.75, 3.05) is 7.11 Å². The number of nitrogens with zero attached hydrogens (tertiary/aromatic N) is 2. The van der Waals surface area contributed by atoms with E-state index >= 15 is 0 Å². The molecule has 0 aliphatic heterocycles. The molecule has 1 aromatic rings. The second kappa shape index (κ2) is 3.64. The molecule has 1 aromatic heterocycles. The summed E-state index contributed by atoms with van der Waals surface area (Å²) in [7, 11) is 1.64. The van der Waals surface area contributed by atoms with Gasteiger partial charge in [-0.05, 0) is 19.1 Å². The third-order valence-electron chi connectivity index (χ3n) is 1.43. The summed E-state index contributed by atoms with van der Waals surface area (Å²) in [6.07, 6.45) is 0. The Morgan fingerprint density at radius 1 is 1.73 bits per heavy atom. The number of aromatic nitrogens is 3. The molecule has 0 aliphatic rings. The summed E-state index contributed by atoms with van der Waals surface area (Å²) in [4.78, 5) is 0. The molecule has 0 radical (unpaired) electrons. The summed E-state index contributed by atoms with van der Waals surface area (Å²) in [5.74, 6) is 0.847. The summed E-state index contributed by atoms with van der Waals surface area (Å²) in [6.45, 7) is 3.35. The van der Waals surface area contributed by atoms with Crippen molar-refractivity contribution in [3.63, 3.8) is 0 Å². The third kappa shape index (κ3) is 1.66. The quantitative estimate of drug-likeness (QED) is 0.696. The summed E-state index contributed by atoms with van der Waals surface area (Å²) < 4.78 is 7.49. The topological polar surface area (TPSA) is 42.8 Å². The fourth-order valence-corrected chi connectivity index (χ4v) is 1.20. The van der Waals surface area contributed by atoms with E-state index in [1.54, 1.807) is 7.11 Å². The molecule has 0 saturated heterocycles. The van der Waals surface area contributed by atoms with Crippen LogP contribution in [-0.4, -0.2) is 21.9 Å². The van der Waals surface area contributed by atoms with E-state index in [0.29, 0.717) is 11.4 Å². The molecule has 5 heteroatoms. The molecule has 0 saturated carbocycles. The summed E-state index contributed by atoms with van der Waals surface area (Å²) in [6, 6.07) is 0. The van der Waals surface area contributed by atoms with E-state index in [0.717, 1.165) is 12.4 Å². The molecule has 0 aromatic carbocycles.